The quantitative estimate of drug-likeness (QED) is 0.581. The van der Waals surface area contributed by atoms with Crippen LogP contribution in [0, 0.1) is 0 Å². The predicted molar refractivity (Wildman–Crippen MR) is 117 cm³/mol. The van der Waals surface area contributed by atoms with Gasteiger partial charge in [-0.15, -0.1) is 13.2 Å². The molecule has 184 valence electrons. The van der Waals surface area contributed by atoms with Crippen LogP contribution >= 0.6 is 0 Å². The van der Waals surface area contributed by atoms with E-state index in [4.69, 9.17) is 9.47 Å². The van der Waals surface area contributed by atoms with Gasteiger partial charge in [0.05, 0.1) is 17.8 Å². The van der Waals surface area contributed by atoms with Crippen LogP contribution in [0.3, 0.4) is 0 Å². The maximum absolute atomic E-state index is 12.5. The molecule has 1 aliphatic rings. The lowest BCUT2D eigenvalue weighted by Crippen LogP contribution is -2.44. The molecule has 10 heteroatoms. The van der Waals surface area contributed by atoms with Crippen molar-refractivity contribution in [1.82, 2.24) is 10.2 Å². The van der Waals surface area contributed by atoms with Crippen molar-refractivity contribution in [3.05, 3.63) is 65.2 Å². The zero-order valence-electron chi connectivity index (χ0n) is 18.9. The molecule has 1 saturated heterocycles. The monoisotopic (exact) mass is 480 g/mol. The van der Waals surface area contributed by atoms with Gasteiger partial charge in [0.25, 0.3) is 5.91 Å². The first-order valence-corrected chi connectivity index (χ1v) is 10.8. The Bertz CT molecular complexity index is 971. The summed E-state index contributed by atoms with van der Waals surface area (Å²) in [6.45, 7) is 5.68. The summed E-state index contributed by atoms with van der Waals surface area (Å²) in [4.78, 5) is 26.5. The summed E-state index contributed by atoms with van der Waals surface area (Å²) in [6.07, 6.45) is -4.52. The number of hydrogen-bond acceptors (Lipinski definition) is 6. The zero-order chi connectivity index (χ0) is 24.7. The lowest BCUT2D eigenvalue weighted by molar-refractivity contribution is -0.274. The number of morpholine rings is 1. The number of carbonyl (C=O) groups excluding carboxylic acids is 2. The Morgan fingerprint density at radius 3 is 2.35 bits per heavy atom. The molecular formula is C24H27F3N2O5. The fraction of sp³-hybridized carbons (Fsp3) is 0.417. The lowest BCUT2D eigenvalue weighted by Gasteiger charge is -2.35. The second-order valence-electron chi connectivity index (χ2n) is 8.16. The number of carbonyl (C=O) groups is 2. The second-order valence-corrected chi connectivity index (χ2v) is 8.16. The van der Waals surface area contributed by atoms with Crippen LogP contribution in [0.25, 0.3) is 0 Å². The molecule has 2 unspecified atom stereocenters. The highest BCUT2D eigenvalue weighted by molar-refractivity contribution is 5.91. The maximum atomic E-state index is 12.5. The highest BCUT2D eigenvalue weighted by Gasteiger charge is 2.32. The Kier molecular flexibility index (Phi) is 8.51. The van der Waals surface area contributed by atoms with Crippen molar-refractivity contribution in [2.75, 3.05) is 19.7 Å². The fourth-order valence-electron chi connectivity index (χ4n) is 3.75. The first kappa shape index (κ1) is 25.5. The summed E-state index contributed by atoms with van der Waals surface area (Å²) < 4.78 is 52.2. The van der Waals surface area contributed by atoms with Gasteiger partial charge in [0.2, 0.25) is 0 Å². The molecule has 1 aliphatic heterocycles. The molecule has 0 bridgehead atoms. The van der Waals surface area contributed by atoms with Gasteiger partial charge in [0.15, 0.2) is 6.61 Å². The molecule has 1 N–H and O–H groups in total. The number of halogens is 3. The first-order chi connectivity index (χ1) is 16.1. The number of amides is 1. The summed E-state index contributed by atoms with van der Waals surface area (Å²) in [5, 5.41) is 2.41. The van der Waals surface area contributed by atoms with E-state index in [9.17, 15) is 22.8 Å². The molecule has 0 aliphatic carbocycles. The summed E-state index contributed by atoms with van der Waals surface area (Å²) in [5.74, 6) is -1.73. The smallest absolute Gasteiger partial charge is 0.452 e. The van der Waals surface area contributed by atoms with Crippen LogP contribution in [-0.4, -0.2) is 55.0 Å². The topological polar surface area (TPSA) is 77.1 Å². The Morgan fingerprint density at radius 1 is 1.06 bits per heavy atom. The van der Waals surface area contributed by atoms with Crippen LogP contribution in [0.1, 0.15) is 35.3 Å². The van der Waals surface area contributed by atoms with Crippen molar-refractivity contribution in [1.29, 1.82) is 0 Å². The van der Waals surface area contributed by atoms with E-state index >= 15 is 0 Å². The van der Waals surface area contributed by atoms with Crippen molar-refractivity contribution >= 4 is 11.9 Å². The van der Waals surface area contributed by atoms with Crippen molar-refractivity contribution in [3.63, 3.8) is 0 Å². The van der Waals surface area contributed by atoms with Gasteiger partial charge >= 0.3 is 12.3 Å². The molecule has 0 saturated carbocycles. The van der Waals surface area contributed by atoms with E-state index in [-0.39, 0.29) is 24.3 Å². The van der Waals surface area contributed by atoms with Crippen LogP contribution in [0.2, 0.25) is 0 Å². The number of benzene rings is 2. The van der Waals surface area contributed by atoms with E-state index in [1.54, 1.807) is 12.1 Å². The zero-order valence-corrected chi connectivity index (χ0v) is 18.9. The molecule has 1 fully saturated rings. The second kappa shape index (κ2) is 11.3. The molecular weight excluding hydrogens is 453 g/mol. The average Bonchev–Trinajstić information content (AvgIpc) is 2.75. The summed E-state index contributed by atoms with van der Waals surface area (Å²) in [6, 6.07) is 12.4. The number of nitrogens with one attached hydrogen (secondary N) is 1. The number of para-hydroxylation sites is 1. The molecule has 3 rings (SSSR count). The molecule has 0 radical (unpaired) electrons. The highest BCUT2D eigenvalue weighted by atomic mass is 19.4. The third-order valence-corrected chi connectivity index (χ3v) is 5.10. The van der Waals surface area contributed by atoms with E-state index in [1.165, 1.54) is 18.2 Å². The number of alkyl halides is 3. The number of nitrogens with zero attached hydrogens (tertiary/aromatic N) is 1. The van der Waals surface area contributed by atoms with Gasteiger partial charge < -0.3 is 19.5 Å². The van der Waals surface area contributed by atoms with Crippen LogP contribution in [-0.2, 0) is 27.4 Å². The molecule has 2 aromatic rings. The predicted octanol–water partition coefficient (Wildman–Crippen LogP) is 3.67. The number of hydrogen-bond donors (Lipinski definition) is 1. The largest absolute Gasteiger partial charge is 0.573 e. The van der Waals surface area contributed by atoms with E-state index in [0.29, 0.717) is 5.56 Å². The van der Waals surface area contributed by atoms with E-state index in [2.05, 4.69) is 15.0 Å². The van der Waals surface area contributed by atoms with E-state index in [1.807, 2.05) is 26.0 Å². The van der Waals surface area contributed by atoms with Crippen LogP contribution in [0.15, 0.2) is 48.5 Å². The minimum atomic E-state index is -4.84. The lowest BCUT2D eigenvalue weighted by atomic mass is 10.1. The van der Waals surface area contributed by atoms with Gasteiger partial charge in [-0.1, -0.05) is 30.3 Å². The van der Waals surface area contributed by atoms with Crippen LogP contribution < -0.4 is 10.1 Å². The Morgan fingerprint density at radius 2 is 1.71 bits per heavy atom. The number of esters is 1. The fourth-order valence-corrected chi connectivity index (χ4v) is 3.75. The molecule has 2 aromatic carbocycles. The average molecular weight is 480 g/mol. The summed E-state index contributed by atoms with van der Waals surface area (Å²) in [7, 11) is 0. The van der Waals surface area contributed by atoms with Gasteiger partial charge in [-0.25, -0.2) is 4.79 Å². The third-order valence-electron chi connectivity index (χ3n) is 5.10. The number of ether oxygens (including phenoxy) is 3. The molecule has 7 nitrogen and oxygen atoms in total. The molecule has 1 amide bonds. The van der Waals surface area contributed by atoms with Gasteiger partial charge in [-0.3, -0.25) is 9.69 Å². The van der Waals surface area contributed by atoms with E-state index in [0.717, 1.165) is 31.3 Å². The summed E-state index contributed by atoms with van der Waals surface area (Å²) >= 11 is 0. The first-order valence-electron chi connectivity index (χ1n) is 10.8. The molecule has 0 spiro atoms. The minimum absolute atomic E-state index is 0.138. The van der Waals surface area contributed by atoms with Crippen LogP contribution in [0.4, 0.5) is 13.2 Å². The van der Waals surface area contributed by atoms with Crippen molar-refractivity contribution in [3.8, 4) is 5.75 Å². The maximum Gasteiger partial charge on any atom is 0.573 e. The molecule has 2 atom stereocenters. The molecule has 1 heterocycles. The van der Waals surface area contributed by atoms with Crippen molar-refractivity contribution in [2.45, 2.75) is 45.5 Å². The summed E-state index contributed by atoms with van der Waals surface area (Å²) in [5.41, 5.74) is 1.47. The van der Waals surface area contributed by atoms with Crippen LogP contribution in [0.5, 0.6) is 5.75 Å². The van der Waals surface area contributed by atoms with Crippen molar-refractivity contribution < 1.29 is 37.0 Å². The highest BCUT2D eigenvalue weighted by Crippen LogP contribution is 2.26. The Balaban J connectivity index is 1.45. The standard InChI is InChI=1S/C24H27F3N2O5/c1-16-12-29(13-17(2)33-16)14-18-7-9-19(10-8-18)23(31)32-15-22(30)28-11-20-5-3-4-6-21(20)34-24(25,26)27/h3-10,16-17H,11-15H2,1-2H3,(H,28,30). The minimum Gasteiger partial charge on any atom is -0.452 e. The third kappa shape index (κ3) is 8.03. The van der Waals surface area contributed by atoms with Gasteiger partial charge in [0, 0.05) is 31.7 Å². The number of rotatable bonds is 8. The Labute approximate surface area is 195 Å². The SMILES string of the molecule is CC1CN(Cc2ccc(C(=O)OCC(=O)NCc3ccccc3OC(F)(F)F)cc2)CC(C)O1. The van der Waals surface area contributed by atoms with Gasteiger partial charge in [-0.05, 0) is 37.6 Å². The van der Waals surface area contributed by atoms with Gasteiger partial charge in [-0.2, -0.15) is 0 Å². The Hall–Kier alpha value is -3.11. The van der Waals surface area contributed by atoms with Gasteiger partial charge in [0.1, 0.15) is 5.75 Å². The normalized spacial score (nSPS) is 18.9. The van der Waals surface area contributed by atoms with Crippen molar-refractivity contribution in [2.24, 2.45) is 0 Å². The molecule has 0 aromatic heterocycles. The van der Waals surface area contributed by atoms with E-state index < -0.39 is 30.6 Å². The molecule has 34 heavy (non-hydrogen) atoms.